The van der Waals surface area contributed by atoms with Crippen molar-refractivity contribution in [3.63, 3.8) is 0 Å². The molecule has 2 rings (SSSR count). The molecule has 6 heteroatoms. The van der Waals surface area contributed by atoms with E-state index in [-0.39, 0.29) is 18.2 Å². The van der Waals surface area contributed by atoms with E-state index >= 15 is 0 Å². The summed E-state index contributed by atoms with van der Waals surface area (Å²) in [5, 5.41) is 2.92. The van der Waals surface area contributed by atoms with Crippen LogP contribution in [0.15, 0.2) is 0 Å². The number of amides is 3. The second kappa shape index (κ2) is 4.90. The number of hydrogen-bond donors (Lipinski definition) is 1. The molecule has 1 saturated heterocycles. The fraction of sp³-hybridized carbons (Fsp3) is 0.846. The van der Waals surface area contributed by atoms with E-state index in [1.54, 1.807) is 9.80 Å². The summed E-state index contributed by atoms with van der Waals surface area (Å²) < 4.78 is 5.25. The summed E-state index contributed by atoms with van der Waals surface area (Å²) in [6.07, 6.45) is 1.88. The maximum Gasteiger partial charge on any atom is 0.410 e. The summed E-state index contributed by atoms with van der Waals surface area (Å²) in [6.45, 7) is 6.58. The van der Waals surface area contributed by atoms with Gasteiger partial charge in [-0.05, 0) is 33.6 Å². The molecule has 0 atom stereocenters. The Morgan fingerprint density at radius 2 is 1.84 bits per heavy atom. The fourth-order valence-electron chi connectivity index (χ4n) is 1.95. The predicted octanol–water partition coefficient (Wildman–Crippen LogP) is 1.41. The third kappa shape index (κ3) is 3.75. The molecule has 0 aromatic carbocycles. The lowest BCUT2D eigenvalue weighted by Crippen LogP contribution is -2.63. The first-order valence-electron chi connectivity index (χ1n) is 6.77. The molecule has 0 bridgehead atoms. The molecule has 0 spiro atoms. The Balaban J connectivity index is 1.68. The van der Waals surface area contributed by atoms with E-state index in [0.717, 1.165) is 12.8 Å². The Bertz CT molecular complexity index is 368. The maximum absolute atomic E-state index is 11.8. The van der Waals surface area contributed by atoms with Crippen molar-refractivity contribution in [3.8, 4) is 0 Å². The van der Waals surface area contributed by atoms with Crippen molar-refractivity contribution in [3.05, 3.63) is 0 Å². The van der Waals surface area contributed by atoms with E-state index in [4.69, 9.17) is 4.74 Å². The van der Waals surface area contributed by atoms with E-state index in [2.05, 4.69) is 5.32 Å². The monoisotopic (exact) mass is 269 g/mol. The van der Waals surface area contributed by atoms with Gasteiger partial charge in [0.05, 0.1) is 6.04 Å². The minimum atomic E-state index is -0.475. The van der Waals surface area contributed by atoms with Gasteiger partial charge in [-0.3, -0.25) is 0 Å². The van der Waals surface area contributed by atoms with Gasteiger partial charge in [0, 0.05) is 26.2 Å². The van der Waals surface area contributed by atoms with Gasteiger partial charge in [0.25, 0.3) is 0 Å². The van der Waals surface area contributed by atoms with Crippen molar-refractivity contribution in [1.29, 1.82) is 0 Å². The van der Waals surface area contributed by atoms with Crippen molar-refractivity contribution < 1.29 is 14.3 Å². The molecule has 0 radical (unpaired) electrons. The Morgan fingerprint density at radius 3 is 2.32 bits per heavy atom. The van der Waals surface area contributed by atoms with Crippen LogP contribution < -0.4 is 5.32 Å². The van der Waals surface area contributed by atoms with Crippen molar-refractivity contribution in [2.45, 2.75) is 51.3 Å². The largest absolute Gasteiger partial charge is 0.444 e. The van der Waals surface area contributed by atoms with Crippen LogP contribution >= 0.6 is 0 Å². The Hall–Kier alpha value is -1.46. The van der Waals surface area contributed by atoms with Gasteiger partial charge < -0.3 is 19.9 Å². The number of nitrogens with zero attached hydrogens (tertiary/aromatic N) is 2. The predicted molar refractivity (Wildman–Crippen MR) is 70.9 cm³/mol. The van der Waals surface area contributed by atoms with E-state index in [1.165, 1.54) is 0 Å². The number of carbonyl (C=O) groups excluding carboxylic acids is 2. The minimum Gasteiger partial charge on any atom is -0.444 e. The van der Waals surface area contributed by atoms with Crippen LogP contribution in [0.3, 0.4) is 0 Å². The van der Waals surface area contributed by atoms with Crippen LogP contribution in [0.25, 0.3) is 0 Å². The quantitative estimate of drug-likeness (QED) is 0.824. The van der Waals surface area contributed by atoms with Gasteiger partial charge in [-0.1, -0.05) is 0 Å². The van der Waals surface area contributed by atoms with Crippen LogP contribution in [0.5, 0.6) is 0 Å². The Labute approximate surface area is 114 Å². The molecule has 1 N–H and O–H groups in total. The maximum atomic E-state index is 11.8. The number of nitrogens with one attached hydrogen (secondary N) is 1. The molecule has 2 fully saturated rings. The van der Waals surface area contributed by atoms with E-state index in [9.17, 15) is 9.59 Å². The Kier molecular flexibility index (Phi) is 3.60. The van der Waals surface area contributed by atoms with Crippen LogP contribution in [-0.4, -0.2) is 59.7 Å². The number of hydrogen-bond acceptors (Lipinski definition) is 3. The SMILES string of the molecule is CN(C(=O)NC1CN(C(=O)OC(C)(C)C)C1)C1CC1. The highest BCUT2D eigenvalue weighted by Crippen LogP contribution is 2.25. The highest BCUT2D eigenvalue weighted by atomic mass is 16.6. The smallest absolute Gasteiger partial charge is 0.410 e. The molecule has 1 saturated carbocycles. The van der Waals surface area contributed by atoms with Crippen LogP contribution in [-0.2, 0) is 4.74 Å². The number of carbonyl (C=O) groups is 2. The molecule has 1 aliphatic carbocycles. The van der Waals surface area contributed by atoms with Gasteiger partial charge >= 0.3 is 12.1 Å². The Morgan fingerprint density at radius 1 is 1.26 bits per heavy atom. The van der Waals surface area contributed by atoms with Gasteiger partial charge in [0.15, 0.2) is 0 Å². The lowest BCUT2D eigenvalue weighted by Gasteiger charge is -2.40. The first-order valence-corrected chi connectivity index (χ1v) is 6.77. The van der Waals surface area contributed by atoms with Crippen LogP contribution in [0, 0.1) is 0 Å². The van der Waals surface area contributed by atoms with Crippen molar-refractivity contribution in [2.75, 3.05) is 20.1 Å². The summed E-state index contributed by atoms with van der Waals surface area (Å²) in [5.41, 5.74) is -0.475. The molecule has 1 aliphatic heterocycles. The normalized spacial score (nSPS) is 19.7. The molecule has 3 amide bonds. The summed E-state index contributed by atoms with van der Waals surface area (Å²) >= 11 is 0. The van der Waals surface area contributed by atoms with Crippen LogP contribution in [0.1, 0.15) is 33.6 Å². The number of ether oxygens (including phenoxy) is 1. The lowest BCUT2D eigenvalue weighted by atomic mass is 10.1. The third-order valence-electron chi connectivity index (χ3n) is 3.28. The van der Waals surface area contributed by atoms with Gasteiger partial charge in [-0.2, -0.15) is 0 Å². The van der Waals surface area contributed by atoms with E-state index in [0.29, 0.717) is 19.1 Å². The van der Waals surface area contributed by atoms with Crippen molar-refractivity contribution >= 4 is 12.1 Å². The average Bonchev–Trinajstić information content (AvgIpc) is 3.01. The van der Waals surface area contributed by atoms with Crippen LogP contribution in [0.2, 0.25) is 0 Å². The highest BCUT2D eigenvalue weighted by Gasteiger charge is 2.36. The van der Waals surface area contributed by atoms with E-state index < -0.39 is 5.60 Å². The zero-order chi connectivity index (χ0) is 14.2. The minimum absolute atomic E-state index is 0.0428. The molecule has 0 unspecified atom stereocenters. The van der Waals surface area contributed by atoms with E-state index in [1.807, 2.05) is 27.8 Å². The van der Waals surface area contributed by atoms with Gasteiger partial charge in [0.2, 0.25) is 0 Å². The first-order chi connectivity index (χ1) is 8.76. The fourth-order valence-corrected chi connectivity index (χ4v) is 1.95. The summed E-state index contributed by atoms with van der Waals surface area (Å²) in [7, 11) is 1.82. The number of urea groups is 1. The molecule has 19 heavy (non-hydrogen) atoms. The molecule has 108 valence electrons. The zero-order valence-electron chi connectivity index (χ0n) is 12.1. The topological polar surface area (TPSA) is 61.9 Å². The molecular weight excluding hydrogens is 246 g/mol. The molecule has 0 aromatic rings. The molecule has 0 aromatic heterocycles. The molecular formula is C13H23N3O3. The second-order valence-electron chi connectivity index (χ2n) is 6.37. The van der Waals surface area contributed by atoms with Gasteiger partial charge in [0.1, 0.15) is 5.60 Å². The zero-order valence-corrected chi connectivity index (χ0v) is 12.1. The first kappa shape index (κ1) is 14.0. The summed E-state index contributed by atoms with van der Waals surface area (Å²) in [6, 6.07) is 0.402. The number of likely N-dealkylation sites (tertiary alicyclic amines) is 1. The highest BCUT2D eigenvalue weighted by molar-refractivity contribution is 5.76. The van der Waals surface area contributed by atoms with Crippen molar-refractivity contribution in [2.24, 2.45) is 0 Å². The lowest BCUT2D eigenvalue weighted by molar-refractivity contribution is 0.00591. The number of rotatable bonds is 2. The van der Waals surface area contributed by atoms with Gasteiger partial charge in [-0.15, -0.1) is 0 Å². The van der Waals surface area contributed by atoms with Crippen molar-refractivity contribution in [1.82, 2.24) is 15.1 Å². The second-order valence-corrected chi connectivity index (χ2v) is 6.37. The average molecular weight is 269 g/mol. The molecule has 1 heterocycles. The van der Waals surface area contributed by atoms with Crippen LogP contribution in [0.4, 0.5) is 9.59 Å². The molecule has 6 nitrogen and oxygen atoms in total. The summed E-state index contributed by atoms with van der Waals surface area (Å²) in [5.74, 6) is 0. The van der Waals surface area contributed by atoms with Gasteiger partial charge in [-0.25, -0.2) is 9.59 Å². The third-order valence-corrected chi connectivity index (χ3v) is 3.28. The standard InChI is InChI=1S/C13H23N3O3/c1-13(2,3)19-12(18)16-7-9(8-16)14-11(17)15(4)10-5-6-10/h9-10H,5-8H2,1-4H3,(H,14,17). The molecule has 2 aliphatic rings. The summed E-state index contributed by atoms with van der Waals surface area (Å²) in [4.78, 5) is 26.9.